The van der Waals surface area contributed by atoms with Gasteiger partial charge in [0.05, 0.1) is 17.6 Å². The summed E-state index contributed by atoms with van der Waals surface area (Å²) in [6, 6.07) is 0.385. The molecule has 0 aliphatic heterocycles. The minimum atomic E-state index is 0.385. The molecule has 0 aliphatic rings. The second-order valence-electron chi connectivity index (χ2n) is 4.30. The lowest BCUT2D eigenvalue weighted by Gasteiger charge is -2.18. The van der Waals surface area contributed by atoms with Crippen LogP contribution in [0.2, 0.25) is 0 Å². The van der Waals surface area contributed by atoms with E-state index in [-0.39, 0.29) is 0 Å². The van der Waals surface area contributed by atoms with Gasteiger partial charge < -0.3 is 0 Å². The quantitative estimate of drug-likeness (QED) is 0.726. The van der Waals surface area contributed by atoms with Gasteiger partial charge in [-0.1, -0.05) is 32.4 Å². The number of alkyl halides is 1. The largest absolute Gasteiger partial charge is 0.246 e. The standard InChI is InChI=1S/C11H20ClN3/c1-5-6-11-10(7-12)13-14-15(11)9(4)8(2)3/h8-9H,5-7H2,1-4H3. The molecule has 1 aromatic rings. The minimum Gasteiger partial charge on any atom is -0.246 e. The first-order valence-corrected chi connectivity index (χ1v) is 6.14. The molecule has 1 heterocycles. The molecule has 0 aromatic carbocycles. The van der Waals surface area contributed by atoms with E-state index in [4.69, 9.17) is 11.6 Å². The van der Waals surface area contributed by atoms with Crippen LogP contribution < -0.4 is 0 Å². The number of hydrogen-bond donors (Lipinski definition) is 0. The van der Waals surface area contributed by atoms with Crippen molar-refractivity contribution in [3.63, 3.8) is 0 Å². The zero-order valence-electron chi connectivity index (χ0n) is 10.00. The van der Waals surface area contributed by atoms with E-state index in [1.54, 1.807) is 0 Å². The van der Waals surface area contributed by atoms with Crippen LogP contribution in [0.1, 0.15) is 51.5 Å². The van der Waals surface area contributed by atoms with Gasteiger partial charge in [-0.2, -0.15) is 0 Å². The third-order valence-corrected chi connectivity index (χ3v) is 3.09. The number of nitrogens with zero attached hydrogens (tertiary/aromatic N) is 3. The van der Waals surface area contributed by atoms with Crippen LogP contribution in [0.5, 0.6) is 0 Å². The first-order valence-electron chi connectivity index (χ1n) is 5.60. The lowest BCUT2D eigenvalue weighted by molar-refractivity contribution is 0.357. The predicted molar refractivity (Wildman–Crippen MR) is 63.1 cm³/mol. The molecule has 0 fully saturated rings. The molecule has 1 rings (SSSR count). The molecule has 3 nitrogen and oxygen atoms in total. The van der Waals surface area contributed by atoms with Gasteiger partial charge in [-0.15, -0.1) is 16.7 Å². The van der Waals surface area contributed by atoms with Gasteiger partial charge in [-0.3, -0.25) is 0 Å². The maximum atomic E-state index is 5.85. The number of rotatable bonds is 5. The molecule has 0 spiro atoms. The molecule has 0 radical (unpaired) electrons. The van der Waals surface area contributed by atoms with Crippen LogP contribution >= 0.6 is 11.6 Å². The lowest BCUT2D eigenvalue weighted by atomic mass is 10.1. The fourth-order valence-electron chi connectivity index (χ4n) is 1.56. The number of halogens is 1. The van der Waals surface area contributed by atoms with Crippen LogP contribution in [0, 0.1) is 5.92 Å². The molecule has 0 aliphatic carbocycles. The molecular formula is C11H20ClN3. The zero-order valence-corrected chi connectivity index (χ0v) is 10.8. The molecule has 86 valence electrons. The van der Waals surface area contributed by atoms with Crippen molar-refractivity contribution in [1.29, 1.82) is 0 Å². The molecular weight excluding hydrogens is 210 g/mol. The third-order valence-electron chi connectivity index (χ3n) is 2.84. The summed E-state index contributed by atoms with van der Waals surface area (Å²) in [7, 11) is 0. The van der Waals surface area contributed by atoms with E-state index >= 15 is 0 Å². The molecule has 1 aromatic heterocycles. The van der Waals surface area contributed by atoms with Crippen LogP contribution in [0.15, 0.2) is 0 Å². The fraction of sp³-hybridized carbons (Fsp3) is 0.818. The SMILES string of the molecule is CCCc1c(CCl)nnn1C(C)C(C)C. The van der Waals surface area contributed by atoms with Gasteiger partial charge >= 0.3 is 0 Å². The maximum absolute atomic E-state index is 5.85. The van der Waals surface area contributed by atoms with Crippen molar-refractivity contribution in [1.82, 2.24) is 15.0 Å². The Kier molecular flexibility index (Phi) is 4.58. The Balaban J connectivity index is 3.01. The second-order valence-corrected chi connectivity index (χ2v) is 4.56. The molecule has 1 unspecified atom stereocenters. The van der Waals surface area contributed by atoms with E-state index in [0.29, 0.717) is 17.8 Å². The smallest absolute Gasteiger partial charge is 0.101 e. The van der Waals surface area contributed by atoms with Crippen molar-refractivity contribution in [3.8, 4) is 0 Å². The molecule has 0 bridgehead atoms. The summed E-state index contributed by atoms with van der Waals surface area (Å²) in [5.74, 6) is 1.02. The van der Waals surface area contributed by atoms with Gasteiger partial charge in [0.25, 0.3) is 0 Å². The van der Waals surface area contributed by atoms with Crippen molar-refractivity contribution < 1.29 is 0 Å². The van der Waals surface area contributed by atoms with Gasteiger partial charge in [0, 0.05) is 0 Å². The lowest BCUT2D eigenvalue weighted by Crippen LogP contribution is -2.16. The van der Waals surface area contributed by atoms with E-state index in [1.165, 1.54) is 5.69 Å². The Labute approximate surface area is 96.8 Å². The van der Waals surface area contributed by atoms with Crippen LogP contribution in [0.4, 0.5) is 0 Å². The Morgan fingerprint density at radius 2 is 2.00 bits per heavy atom. The highest BCUT2D eigenvalue weighted by molar-refractivity contribution is 6.16. The zero-order chi connectivity index (χ0) is 11.4. The van der Waals surface area contributed by atoms with Crippen LogP contribution in [0.3, 0.4) is 0 Å². The summed E-state index contributed by atoms with van der Waals surface area (Å²) in [6.07, 6.45) is 2.11. The minimum absolute atomic E-state index is 0.385. The average molecular weight is 230 g/mol. The van der Waals surface area contributed by atoms with Crippen molar-refractivity contribution in [2.75, 3.05) is 0 Å². The highest BCUT2D eigenvalue weighted by Crippen LogP contribution is 2.21. The fourth-order valence-corrected chi connectivity index (χ4v) is 1.76. The van der Waals surface area contributed by atoms with Crippen molar-refractivity contribution in [2.45, 2.75) is 52.5 Å². The van der Waals surface area contributed by atoms with Gasteiger partial charge in [0.2, 0.25) is 0 Å². The highest BCUT2D eigenvalue weighted by atomic mass is 35.5. The normalized spacial score (nSPS) is 13.5. The topological polar surface area (TPSA) is 30.7 Å². The van der Waals surface area contributed by atoms with Crippen molar-refractivity contribution >= 4 is 11.6 Å². The van der Waals surface area contributed by atoms with E-state index in [1.807, 2.05) is 4.68 Å². The molecule has 15 heavy (non-hydrogen) atoms. The molecule has 4 heteroatoms. The van der Waals surface area contributed by atoms with Gasteiger partial charge in [0.1, 0.15) is 5.69 Å². The van der Waals surface area contributed by atoms with Gasteiger partial charge in [-0.05, 0) is 19.3 Å². The van der Waals surface area contributed by atoms with Gasteiger partial charge in [-0.25, -0.2) is 4.68 Å². The second kappa shape index (κ2) is 5.50. The Hall–Kier alpha value is -0.570. The van der Waals surface area contributed by atoms with Crippen LogP contribution in [0.25, 0.3) is 0 Å². The summed E-state index contributed by atoms with van der Waals surface area (Å²) < 4.78 is 2.03. The third kappa shape index (κ3) is 2.71. The molecule has 0 N–H and O–H groups in total. The summed E-state index contributed by atoms with van der Waals surface area (Å²) in [5.41, 5.74) is 2.14. The van der Waals surface area contributed by atoms with Crippen molar-refractivity contribution in [2.24, 2.45) is 5.92 Å². The predicted octanol–water partition coefficient (Wildman–Crippen LogP) is 3.19. The summed E-state index contributed by atoms with van der Waals surface area (Å²) in [6.45, 7) is 8.73. The molecule has 0 saturated heterocycles. The molecule has 0 saturated carbocycles. The van der Waals surface area contributed by atoms with Crippen LogP contribution in [-0.2, 0) is 12.3 Å². The summed E-state index contributed by atoms with van der Waals surface area (Å²) in [5, 5.41) is 8.35. The Morgan fingerprint density at radius 3 is 2.47 bits per heavy atom. The number of aromatic nitrogens is 3. The van der Waals surface area contributed by atoms with Gasteiger partial charge in [0.15, 0.2) is 0 Å². The monoisotopic (exact) mass is 229 g/mol. The summed E-state index contributed by atoms with van der Waals surface area (Å²) >= 11 is 5.85. The van der Waals surface area contributed by atoms with Crippen LogP contribution in [-0.4, -0.2) is 15.0 Å². The Bertz CT molecular complexity index is 307. The van der Waals surface area contributed by atoms with E-state index in [0.717, 1.165) is 18.5 Å². The average Bonchev–Trinajstić information content (AvgIpc) is 2.60. The van der Waals surface area contributed by atoms with E-state index in [9.17, 15) is 0 Å². The Morgan fingerprint density at radius 1 is 1.33 bits per heavy atom. The van der Waals surface area contributed by atoms with E-state index < -0.39 is 0 Å². The number of hydrogen-bond acceptors (Lipinski definition) is 2. The van der Waals surface area contributed by atoms with E-state index in [2.05, 4.69) is 38.0 Å². The maximum Gasteiger partial charge on any atom is 0.101 e. The molecule has 1 atom stereocenters. The molecule has 0 amide bonds. The highest BCUT2D eigenvalue weighted by Gasteiger charge is 2.17. The first kappa shape index (κ1) is 12.5. The first-order chi connectivity index (χ1) is 7.11. The van der Waals surface area contributed by atoms with Crippen molar-refractivity contribution in [3.05, 3.63) is 11.4 Å². The summed E-state index contributed by atoms with van der Waals surface area (Å²) in [4.78, 5) is 0.